The molecule has 19 heavy (non-hydrogen) atoms. The zero-order valence-electron chi connectivity index (χ0n) is 10.1. The highest BCUT2D eigenvalue weighted by molar-refractivity contribution is 6.31. The van der Waals surface area contributed by atoms with Crippen molar-refractivity contribution in [3.8, 4) is 6.07 Å². The number of amides is 1. The Morgan fingerprint density at radius 2 is 2.16 bits per heavy atom. The summed E-state index contributed by atoms with van der Waals surface area (Å²) in [6, 6.07) is 7.02. The summed E-state index contributed by atoms with van der Waals surface area (Å²) in [5.74, 6) is -1.14. The average Bonchev–Trinajstić information content (AvgIpc) is 2.38. The van der Waals surface area contributed by atoms with Gasteiger partial charge >= 0.3 is 0 Å². The number of hydrogen-bond donors (Lipinski definition) is 2. The van der Waals surface area contributed by atoms with Gasteiger partial charge in [-0.15, -0.1) is 11.6 Å². The Hall–Kier alpha value is -2.32. The standard InChI is InChI=1S/C13H10ClN3O2/c1-7-2-3-8-10(4-7)16-12(17-13(8)19)9(6-15)11(18)5-14/h2-4,16H,5H2,1H3,(H,17,19)/b12-9-. The number of nitrogens with one attached hydrogen (secondary N) is 2. The second kappa shape index (κ2) is 5.12. The SMILES string of the molecule is Cc1ccc2c(c1)N/C(=C(\C#N)C(=O)CCl)NC2=O. The number of carbonyl (C=O) groups is 2. The number of benzene rings is 1. The van der Waals surface area contributed by atoms with Crippen LogP contribution in [0, 0.1) is 18.3 Å². The summed E-state index contributed by atoms with van der Waals surface area (Å²) in [7, 11) is 0. The van der Waals surface area contributed by atoms with Crippen LogP contribution in [0.4, 0.5) is 5.69 Å². The van der Waals surface area contributed by atoms with Gasteiger partial charge in [-0.25, -0.2) is 0 Å². The van der Waals surface area contributed by atoms with Crippen molar-refractivity contribution in [1.82, 2.24) is 5.32 Å². The zero-order valence-corrected chi connectivity index (χ0v) is 10.8. The Morgan fingerprint density at radius 3 is 2.79 bits per heavy atom. The number of halogens is 1. The molecular weight excluding hydrogens is 266 g/mol. The predicted octanol–water partition coefficient (Wildman–Crippen LogP) is 1.69. The predicted molar refractivity (Wildman–Crippen MR) is 70.6 cm³/mol. The molecule has 0 unspecified atom stereocenters. The molecule has 2 N–H and O–H groups in total. The van der Waals surface area contributed by atoms with Crippen molar-refractivity contribution < 1.29 is 9.59 Å². The molecule has 0 fully saturated rings. The van der Waals surface area contributed by atoms with Crippen molar-refractivity contribution in [3.05, 3.63) is 40.7 Å². The highest BCUT2D eigenvalue weighted by Crippen LogP contribution is 2.24. The van der Waals surface area contributed by atoms with Gasteiger partial charge in [-0.3, -0.25) is 9.59 Å². The van der Waals surface area contributed by atoms with Crippen LogP contribution >= 0.6 is 11.6 Å². The van der Waals surface area contributed by atoms with Gasteiger partial charge in [0.25, 0.3) is 5.91 Å². The molecule has 96 valence electrons. The Bertz CT molecular complexity index is 644. The van der Waals surface area contributed by atoms with E-state index in [9.17, 15) is 9.59 Å². The highest BCUT2D eigenvalue weighted by Gasteiger charge is 2.24. The molecule has 6 heteroatoms. The fourth-order valence-corrected chi connectivity index (χ4v) is 1.89. The first-order valence-electron chi connectivity index (χ1n) is 5.49. The van der Waals surface area contributed by atoms with Gasteiger partial charge in [0.2, 0.25) is 0 Å². The first-order chi connectivity index (χ1) is 9.06. The van der Waals surface area contributed by atoms with Crippen LogP contribution in [-0.4, -0.2) is 17.6 Å². The lowest BCUT2D eigenvalue weighted by molar-refractivity contribution is -0.113. The number of nitriles is 1. The molecule has 0 bridgehead atoms. The van der Waals surface area contributed by atoms with Crippen LogP contribution in [0.15, 0.2) is 29.6 Å². The molecule has 0 atom stereocenters. The molecule has 2 rings (SSSR count). The lowest BCUT2D eigenvalue weighted by Gasteiger charge is -2.22. The summed E-state index contributed by atoms with van der Waals surface area (Å²) in [4.78, 5) is 23.4. The van der Waals surface area contributed by atoms with Crippen LogP contribution < -0.4 is 10.6 Å². The number of Topliss-reactive ketones (excluding diaryl/α,β-unsaturated/α-hetero) is 1. The van der Waals surface area contributed by atoms with Crippen molar-refractivity contribution in [3.63, 3.8) is 0 Å². The number of allylic oxidation sites excluding steroid dienone is 1. The van der Waals surface area contributed by atoms with Crippen molar-refractivity contribution in [2.24, 2.45) is 0 Å². The Balaban J connectivity index is 2.51. The van der Waals surface area contributed by atoms with E-state index in [-0.39, 0.29) is 23.2 Å². The summed E-state index contributed by atoms with van der Waals surface area (Å²) >= 11 is 5.43. The van der Waals surface area contributed by atoms with Crippen LogP contribution in [-0.2, 0) is 4.79 Å². The minimum atomic E-state index is -0.539. The lowest BCUT2D eigenvalue weighted by Crippen LogP contribution is -2.35. The Morgan fingerprint density at radius 1 is 1.42 bits per heavy atom. The molecule has 0 radical (unpaired) electrons. The van der Waals surface area contributed by atoms with Gasteiger partial charge in [-0.1, -0.05) is 6.07 Å². The van der Waals surface area contributed by atoms with Gasteiger partial charge in [-0.2, -0.15) is 5.26 Å². The second-order valence-electron chi connectivity index (χ2n) is 4.05. The number of hydrogen-bond acceptors (Lipinski definition) is 4. The lowest BCUT2D eigenvalue weighted by atomic mass is 10.1. The number of rotatable bonds is 2. The number of alkyl halides is 1. The molecule has 0 aliphatic carbocycles. The van der Waals surface area contributed by atoms with Crippen LogP contribution in [0.3, 0.4) is 0 Å². The molecule has 5 nitrogen and oxygen atoms in total. The molecule has 1 aliphatic rings. The van der Waals surface area contributed by atoms with Crippen molar-refractivity contribution in [1.29, 1.82) is 5.26 Å². The van der Waals surface area contributed by atoms with E-state index in [1.165, 1.54) is 0 Å². The molecule has 1 heterocycles. The van der Waals surface area contributed by atoms with Gasteiger partial charge in [0.05, 0.1) is 17.1 Å². The number of nitrogens with zero attached hydrogens (tertiary/aromatic N) is 1. The average molecular weight is 276 g/mol. The van der Waals surface area contributed by atoms with Gasteiger partial charge < -0.3 is 10.6 Å². The summed E-state index contributed by atoms with van der Waals surface area (Å²) in [5.41, 5.74) is 1.80. The van der Waals surface area contributed by atoms with E-state index in [1.54, 1.807) is 18.2 Å². The van der Waals surface area contributed by atoms with E-state index >= 15 is 0 Å². The monoisotopic (exact) mass is 275 g/mol. The van der Waals surface area contributed by atoms with Crippen molar-refractivity contribution in [2.45, 2.75) is 6.92 Å². The molecular formula is C13H10ClN3O2. The van der Waals surface area contributed by atoms with E-state index in [1.807, 2.05) is 13.0 Å². The molecule has 0 saturated heterocycles. The van der Waals surface area contributed by atoms with Gasteiger partial charge in [0, 0.05) is 0 Å². The molecule has 0 spiro atoms. The van der Waals surface area contributed by atoms with E-state index in [0.29, 0.717) is 11.3 Å². The maximum absolute atomic E-state index is 11.9. The maximum atomic E-state index is 11.9. The van der Waals surface area contributed by atoms with Gasteiger partial charge in [-0.05, 0) is 24.6 Å². The van der Waals surface area contributed by atoms with Gasteiger partial charge in [0.15, 0.2) is 5.78 Å². The highest BCUT2D eigenvalue weighted by atomic mass is 35.5. The molecule has 1 aromatic carbocycles. The fraction of sp³-hybridized carbons (Fsp3) is 0.154. The first kappa shape index (κ1) is 13.1. The summed E-state index contributed by atoms with van der Waals surface area (Å²) in [6.07, 6.45) is 0. The number of anilines is 1. The molecule has 1 aliphatic heterocycles. The maximum Gasteiger partial charge on any atom is 0.258 e. The molecule has 0 saturated carbocycles. The second-order valence-corrected chi connectivity index (χ2v) is 4.31. The zero-order chi connectivity index (χ0) is 14.0. The van der Waals surface area contributed by atoms with Crippen LogP contribution in [0.1, 0.15) is 15.9 Å². The van der Waals surface area contributed by atoms with Crippen LogP contribution in [0.5, 0.6) is 0 Å². The van der Waals surface area contributed by atoms with Crippen LogP contribution in [0.2, 0.25) is 0 Å². The summed E-state index contributed by atoms with van der Waals surface area (Å²) in [5, 5.41) is 14.4. The normalized spacial score (nSPS) is 15.7. The first-order valence-corrected chi connectivity index (χ1v) is 6.03. The largest absolute Gasteiger partial charge is 0.340 e. The molecule has 1 amide bonds. The fourth-order valence-electron chi connectivity index (χ4n) is 1.76. The van der Waals surface area contributed by atoms with Crippen LogP contribution in [0.25, 0.3) is 0 Å². The number of fused-ring (bicyclic) bond motifs is 1. The third kappa shape index (κ3) is 2.44. The number of aryl methyl sites for hydroxylation is 1. The smallest absolute Gasteiger partial charge is 0.258 e. The summed E-state index contributed by atoms with van der Waals surface area (Å²) in [6.45, 7) is 1.88. The van der Waals surface area contributed by atoms with Crippen molar-refractivity contribution >= 4 is 29.0 Å². The summed E-state index contributed by atoms with van der Waals surface area (Å²) < 4.78 is 0. The minimum Gasteiger partial charge on any atom is -0.340 e. The third-order valence-electron chi connectivity index (χ3n) is 2.68. The third-order valence-corrected chi connectivity index (χ3v) is 2.92. The number of carbonyl (C=O) groups excluding carboxylic acids is 2. The van der Waals surface area contributed by atoms with E-state index in [0.717, 1.165) is 5.56 Å². The minimum absolute atomic E-state index is 0.0799. The van der Waals surface area contributed by atoms with E-state index < -0.39 is 5.78 Å². The van der Waals surface area contributed by atoms with E-state index in [2.05, 4.69) is 10.6 Å². The number of ketones is 1. The Labute approximate surface area is 114 Å². The van der Waals surface area contributed by atoms with E-state index in [4.69, 9.17) is 16.9 Å². The Kier molecular flexibility index (Phi) is 3.54. The topological polar surface area (TPSA) is 82.0 Å². The molecule has 0 aromatic heterocycles. The van der Waals surface area contributed by atoms with Gasteiger partial charge in [0.1, 0.15) is 17.5 Å². The quantitative estimate of drug-likeness (QED) is 0.489. The molecule has 1 aromatic rings. The van der Waals surface area contributed by atoms with Crippen molar-refractivity contribution in [2.75, 3.05) is 11.2 Å².